The first-order chi connectivity index (χ1) is 11.3. The van der Waals surface area contributed by atoms with E-state index in [9.17, 15) is 4.79 Å². The lowest BCUT2D eigenvalue weighted by atomic mass is 10.1. The van der Waals surface area contributed by atoms with Gasteiger partial charge in [-0.15, -0.1) is 0 Å². The van der Waals surface area contributed by atoms with Gasteiger partial charge in [0, 0.05) is 18.0 Å². The number of nitrogens with zero attached hydrogens (tertiary/aromatic N) is 3. The predicted molar refractivity (Wildman–Crippen MR) is 86.7 cm³/mol. The van der Waals surface area contributed by atoms with Crippen LogP contribution in [0.2, 0.25) is 0 Å². The van der Waals surface area contributed by atoms with Crippen LogP contribution >= 0.6 is 0 Å². The van der Waals surface area contributed by atoms with Crippen molar-refractivity contribution in [2.45, 2.75) is 6.42 Å². The number of methoxy groups -OCH3 is 1. The normalized spacial score (nSPS) is 10.3. The topological polar surface area (TPSA) is 69.0 Å². The summed E-state index contributed by atoms with van der Waals surface area (Å²) in [6.45, 7) is 0. The molecular weight excluding hydrogens is 292 g/mol. The van der Waals surface area contributed by atoms with Gasteiger partial charge in [-0.25, -0.2) is 9.97 Å². The van der Waals surface area contributed by atoms with E-state index >= 15 is 0 Å². The molecule has 0 aliphatic rings. The lowest BCUT2D eigenvalue weighted by Crippen LogP contribution is -2.15. The number of hydrogen-bond acceptors (Lipinski definition) is 4. The van der Waals surface area contributed by atoms with Gasteiger partial charge in [0.2, 0.25) is 5.91 Å². The number of carbonyl (C=O) groups is 1. The van der Waals surface area contributed by atoms with Gasteiger partial charge in [-0.2, -0.15) is 0 Å². The van der Waals surface area contributed by atoms with Crippen LogP contribution in [0.5, 0.6) is 5.75 Å². The number of para-hydroxylation sites is 1. The molecule has 6 nitrogen and oxygen atoms in total. The summed E-state index contributed by atoms with van der Waals surface area (Å²) >= 11 is 0. The van der Waals surface area contributed by atoms with Gasteiger partial charge in [0.05, 0.1) is 25.4 Å². The molecule has 1 N–H and O–H groups in total. The third-order valence-corrected chi connectivity index (χ3v) is 3.34. The van der Waals surface area contributed by atoms with Crippen molar-refractivity contribution in [3.05, 3.63) is 66.9 Å². The van der Waals surface area contributed by atoms with Crippen molar-refractivity contribution in [2.24, 2.45) is 0 Å². The molecule has 0 radical (unpaired) electrons. The van der Waals surface area contributed by atoms with Crippen molar-refractivity contribution in [3.63, 3.8) is 0 Å². The molecule has 2 heterocycles. The van der Waals surface area contributed by atoms with Crippen LogP contribution in [0.3, 0.4) is 0 Å². The smallest absolute Gasteiger partial charge is 0.228 e. The number of imidazole rings is 1. The minimum Gasteiger partial charge on any atom is -0.496 e. The van der Waals surface area contributed by atoms with E-state index in [0.29, 0.717) is 11.4 Å². The van der Waals surface area contributed by atoms with Crippen LogP contribution in [0.25, 0.3) is 5.82 Å². The molecule has 0 saturated heterocycles. The monoisotopic (exact) mass is 308 g/mol. The van der Waals surface area contributed by atoms with Crippen LogP contribution < -0.4 is 10.1 Å². The van der Waals surface area contributed by atoms with Gasteiger partial charge in [0.25, 0.3) is 0 Å². The Balaban J connectivity index is 1.66. The Bertz CT molecular complexity index is 783. The molecule has 1 aromatic carbocycles. The highest BCUT2D eigenvalue weighted by molar-refractivity contribution is 5.92. The summed E-state index contributed by atoms with van der Waals surface area (Å²) in [4.78, 5) is 20.4. The molecule has 0 saturated carbocycles. The average Bonchev–Trinajstić information content (AvgIpc) is 3.10. The van der Waals surface area contributed by atoms with E-state index in [1.165, 1.54) is 0 Å². The number of nitrogens with one attached hydrogen (secondary N) is 1. The minimum atomic E-state index is -0.119. The molecule has 0 aliphatic heterocycles. The van der Waals surface area contributed by atoms with Crippen molar-refractivity contribution in [2.75, 3.05) is 12.4 Å². The fourth-order valence-corrected chi connectivity index (χ4v) is 2.23. The fourth-order valence-electron chi connectivity index (χ4n) is 2.23. The van der Waals surface area contributed by atoms with Crippen LogP contribution in [0.4, 0.5) is 5.69 Å². The van der Waals surface area contributed by atoms with Gasteiger partial charge >= 0.3 is 0 Å². The first-order valence-electron chi connectivity index (χ1n) is 7.12. The van der Waals surface area contributed by atoms with Gasteiger partial charge in [-0.1, -0.05) is 18.2 Å². The SMILES string of the molecule is COc1ccccc1CC(=O)Nc1ccc(-n2ccnc2)nc1. The quantitative estimate of drug-likeness (QED) is 0.786. The second kappa shape index (κ2) is 6.74. The second-order valence-electron chi connectivity index (χ2n) is 4.91. The van der Waals surface area contributed by atoms with E-state index in [4.69, 9.17) is 4.74 Å². The van der Waals surface area contributed by atoms with Crippen molar-refractivity contribution < 1.29 is 9.53 Å². The molecule has 0 unspecified atom stereocenters. The zero-order valence-electron chi connectivity index (χ0n) is 12.6. The van der Waals surface area contributed by atoms with Crippen LogP contribution in [0.15, 0.2) is 61.3 Å². The van der Waals surface area contributed by atoms with E-state index in [2.05, 4.69) is 15.3 Å². The number of carbonyl (C=O) groups excluding carboxylic acids is 1. The third-order valence-electron chi connectivity index (χ3n) is 3.34. The number of amides is 1. The fraction of sp³-hybridized carbons (Fsp3) is 0.118. The number of aromatic nitrogens is 3. The molecule has 0 aliphatic carbocycles. The molecule has 23 heavy (non-hydrogen) atoms. The molecule has 6 heteroatoms. The lowest BCUT2D eigenvalue weighted by Gasteiger charge is -2.09. The Hall–Kier alpha value is -3.15. The van der Waals surface area contributed by atoms with Crippen molar-refractivity contribution in [3.8, 4) is 11.6 Å². The summed E-state index contributed by atoms with van der Waals surface area (Å²) in [5, 5.41) is 2.83. The van der Waals surface area contributed by atoms with E-state index < -0.39 is 0 Å². The Morgan fingerprint density at radius 2 is 2.13 bits per heavy atom. The minimum absolute atomic E-state index is 0.119. The number of benzene rings is 1. The van der Waals surface area contributed by atoms with E-state index in [1.54, 1.807) is 30.4 Å². The molecule has 0 atom stereocenters. The maximum Gasteiger partial charge on any atom is 0.228 e. The number of ether oxygens (including phenoxy) is 1. The van der Waals surface area contributed by atoms with Gasteiger partial charge in [0.15, 0.2) is 0 Å². The third kappa shape index (κ3) is 3.55. The first-order valence-corrected chi connectivity index (χ1v) is 7.12. The average molecular weight is 308 g/mol. The molecule has 0 bridgehead atoms. The summed E-state index contributed by atoms with van der Waals surface area (Å²) < 4.78 is 7.04. The molecule has 3 rings (SSSR count). The van der Waals surface area contributed by atoms with Crippen molar-refractivity contribution in [1.29, 1.82) is 0 Å². The van der Waals surface area contributed by atoms with Gasteiger partial charge in [-0.05, 0) is 18.2 Å². The molecule has 0 spiro atoms. The Morgan fingerprint density at radius 1 is 1.26 bits per heavy atom. The highest BCUT2D eigenvalue weighted by atomic mass is 16.5. The molecule has 1 amide bonds. The van der Waals surface area contributed by atoms with Gasteiger partial charge < -0.3 is 10.1 Å². The number of rotatable bonds is 5. The molecule has 116 valence electrons. The van der Waals surface area contributed by atoms with Crippen LogP contribution in [0.1, 0.15) is 5.56 Å². The second-order valence-corrected chi connectivity index (χ2v) is 4.91. The maximum absolute atomic E-state index is 12.2. The Labute approximate surface area is 133 Å². The van der Waals surface area contributed by atoms with Crippen LogP contribution in [0, 0.1) is 0 Å². The van der Waals surface area contributed by atoms with Crippen molar-refractivity contribution in [1.82, 2.24) is 14.5 Å². The molecule has 3 aromatic rings. The Kier molecular flexibility index (Phi) is 4.33. The Morgan fingerprint density at radius 3 is 2.83 bits per heavy atom. The summed E-state index contributed by atoms with van der Waals surface area (Å²) in [5.74, 6) is 1.33. The summed E-state index contributed by atoms with van der Waals surface area (Å²) in [6, 6.07) is 11.1. The van der Waals surface area contributed by atoms with Gasteiger partial charge in [0.1, 0.15) is 17.9 Å². The summed E-state index contributed by atoms with van der Waals surface area (Å²) in [5.41, 5.74) is 1.49. The highest BCUT2D eigenvalue weighted by Gasteiger charge is 2.09. The number of hydrogen-bond donors (Lipinski definition) is 1. The molecular formula is C17H16N4O2. The highest BCUT2D eigenvalue weighted by Crippen LogP contribution is 2.18. The van der Waals surface area contributed by atoms with Crippen molar-refractivity contribution >= 4 is 11.6 Å². The maximum atomic E-state index is 12.2. The van der Waals surface area contributed by atoms with Crippen LogP contribution in [-0.2, 0) is 11.2 Å². The van der Waals surface area contributed by atoms with E-state index in [0.717, 1.165) is 11.4 Å². The lowest BCUT2D eigenvalue weighted by molar-refractivity contribution is -0.115. The molecule has 0 fully saturated rings. The van der Waals surface area contributed by atoms with E-state index in [1.807, 2.05) is 42.6 Å². The zero-order valence-corrected chi connectivity index (χ0v) is 12.6. The van der Waals surface area contributed by atoms with Gasteiger partial charge in [-0.3, -0.25) is 9.36 Å². The summed E-state index contributed by atoms with van der Waals surface area (Å²) in [6.07, 6.45) is 7.03. The largest absolute Gasteiger partial charge is 0.496 e. The van der Waals surface area contributed by atoms with E-state index in [-0.39, 0.29) is 12.3 Å². The number of anilines is 1. The zero-order chi connectivity index (χ0) is 16.1. The number of pyridine rings is 1. The predicted octanol–water partition coefficient (Wildman–Crippen LogP) is 2.46. The summed E-state index contributed by atoms with van der Waals surface area (Å²) in [7, 11) is 1.59. The molecule has 2 aromatic heterocycles. The first kappa shape index (κ1) is 14.8. The van der Waals surface area contributed by atoms with Crippen LogP contribution in [-0.4, -0.2) is 27.6 Å². The standard InChI is InChI=1S/C17H16N4O2/c1-23-15-5-3-2-4-13(15)10-17(22)20-14-6-7-16(19-11-14)21-9-8-18-12-21/h2-9,11-12H,10H2,1H3,(H,20,22).